The largest absolute Gasteiger partial charge is 0.378 e. The Morgan fingerprint density at radius 2 is 1.95 bits per heavy atom. The van der Waals surface area contributed by atoms with Gasteiger partial charge in [-0.05, 0) is 11.6 Å². The van der Waals surface area contributed by atoms with Gasteiger partial charge in [0.25, 0.3) is 0 Å². The van der Waals surface area contributed by atoms with Crippen molar-refractivity contribution in [2.24, 2.45) is 0 Å². The van der Waals surface area contributed by atoms with Gasteiger partial charge in [-0.15, -0.1) is 0 Å². The molecule has 0 bridgehead atoms. The van der Waals surface area contributed by atoms with Gasteiger partial charge < -0.3 is 5.32 Å². The molecule has 21 heavy (non-hydrogen) atoms. The van der Waals surface area contributed by atoms with Gasteiger partial charge in [0.1, 0.15) is 5.82 Å². The maximum Gasteiger partial charge on any atom is 0.307 e. The van der Waals surface area contributed by atoms with E-state index in [0.29, 0.717) is 17.2 Å². The molecule has 1 N–H and O–H groups in total. The third-order valence-corrected chi connectivity index (χ3v) is 2.84. The maximum absolute atomic E-state index is 13.6. The zero-order chi connectivity index (χ0) is 15.4. The van der Waals surface area contributed by atoms with E-state index in [2.05, 4.69) is 5.32 Å². The molecule has 0 heterocycles. The Bertz CT molecular complexity index is 741. The molecule has 0 aliphatic rings. The lowest BCUT2D eigenvalue weighted by molar-refractivity contribution is -0.387. The van der Waals surface area contributed by atoms with Crippen molar-refractivity contribution < 1.29 is 13.7 Å². The molecule has 0 saturated heterocycles. The third kappa shape index (κ3) is 3.12. The Hall–Kier alpha value is -3.01. The van der Waals surface area contributed by atoms with Crippen LogP contribution < -0.4 is 5.32 Å². The van der Waals surface area contributed by atoms with Crippen LogP contribution >= 0.6 is 0 Å². The molecule has 2 rings (SSSR count). The molecule has 0 amide bonds. The number of hydrogen-bond acceptors (Lipinski definition) is 4. The minimum atomic E-state index is -1.24. The molecule has 0 aromatic heterocycles. The zero-order valence-corrected chi connectivity index (χ0v) is 10.6. The highest BCUT2D eigenvalue weighted by Crippen LogP contribution is 2.25. The van der Waals surface area contributed by atoms with E-state index >= 15 is 0 Å². The average Bonchev–Trinajstić information content (AvgIpc) is 2.46. The minimum Gasteiger partial charge on any atom is -0.378 e. The minimum absolute atomic E-state index is 0.0867. The fourth-order valence-corrected chi connectivity index (χ4v) is 1.79. The maximum atomic E-state index is 13.6. The molecule has 5 nitrogen and oxygen atoms in total. The van der Waals surface area contributed by atoms with Gasteiger partial charge in [-0.3, -0.25) is 10.1 Å². The Morgan fingerprint density at radius 3 is 2.62 bits per heavy atom. The van der Waals surface area contributed by atoms with E-state index in [1.54, 1.807) is 24.3 Å². The summed E-state index contributed by atoms with van der Waals surface area (Å²) in [5, 5.41) is 22.2. The normalized spacial score (nSPS) is 9.95. The SMILES string of the molecule is N#Cc1ccccc1CNc1cc([N+](=O)[O-])c(F)cc1F. The highest BCUT2D eigenvalue weighted by molar-refractivity contribution is 5.54. The van der Waals surface area contributed by atoms with Crippen molar-refractivity contribution in [2.45, 2.75) is 6.54 Å². The van der Waals surface area contributed by atoms with E-state index in [4.69, 9.17) is 5.26 Å². The van der Waals surface area contributed by atoms with Crippen LogP contribution in [0.25, 0.3) is 0 Å². The topological polar surface area (TPSA) is 79.0 Å². The number of nitro benzene ring substituents is 1. The highest BCUT2D eigenvalue weighted by Gasteiger charge is 2.18. The van der Waals surface area contributed by atoms with Crippen LogP contribution in [-0.2, 0) is 6.54 Å². The summed E-state index contributed by atoms with van der Waals surface area (Å²) >= 11 is 0. The smallest absolute Gasteiger partial charge is 0.307 e. The summed E-state index contributed by atoms with van der Waals surface area (Å²) in [5.74, 6) is -2.17. The van der Waals surface area contributed by atoms with E-state index in [1.807, 2.05) is 6.07 Å². The number of nitrogens with one attached hydrogen (secondary N) is 1. The van der Waals surface area contributed by atoms with E-state index in [0.717, 1.165) is 6.07 Å². The van der Waals surface area contributed by atoms with Gasteiger partial charge in [0.15, 0.2) is 0 Å². The summed E-state index contributed by atoms with van der Waals surface area (Å²) in [5.41, 5.74) is -0.00305. The summed E-state index contributed by atoms with van der Waals surface area (Å²) in [6.07, 6.45) is 0. The molecule has 0 saturated carbocycles. The predicted molar refractivity (Wildman–Crippen MR) is 71.5 cm³/mol. The monoisotopic (exact) mass is 289 g/mol. The van der Waals surface area contributed by atoms with Crippen LogP contribution in [0.1, 0.15) is 11.1 Å². The van der Waals surface area contributed by atoms with Crippen LogP contribution in [-0.4, -0.2) is 4.92 Å². The Morgan fingerprint density at radius 1 is 1.24 bits per heavy atom. The summed E-state index contributed by atoms with van der Waals surface area (Å²) in [6, 6.07) is 9.89. The molecule has 2 aromatic carbocycles. The number of anilines is 1. The van der Waals surface area contributed by atoms with E-state index < -0.39 is 22.2 Å². The average molecular weight is 289 g/mol. The highest BCUT2D eigenvalue weighted by atomic mass is 19.1. The molecule has 106 valence electrons. The number of halogens is 2. The van der Waals surface area contributed by atoms with Crippen LogP contribution in [0.2, 0.25) is 0 Å². The molecule has 0 unspecified atom stereocenters. The second-order valence-corrected chi connectivity index (χ2v) is 4.16. The van der Waals surface area contributed by atoms with E-state index in [9.17, 15) is 18.9 Å². The first kappa shape index (κ1) is 14.4. The van der Waals surface area contributed by atoms with Crippen molar-refractivity contribution in [1.82, 2.24) is 0 Å². The molecule has 0 fully saturated rings. The molecule has 0 atom stereocenters. The first-order chi connectivity index (χ1) is 10.0. The van der Waals surface area contributed by atoms with Gasteiger partial charge in [0, 0.05) is 18.7 Å². The number of nitrogens with zero attached hydrogens (tertiary/aromatic N) is 2. The molecule has 0 spiro atoms. The van der Waals surface area contributed by atoms with Crippen molar-refractivity contribution in [3.05, 3.63) is 69.3 Å². The van der Waals surface area contributed by atoms with Crippen LogP contribution in [0.5, 0.6) is 0 Å². The van der Waals surface area contributed by atoms with Crippen molar-refractivity contribution in [2.75, 3.05) is 5.32 Å². The Labute approximate surface area is 118 Å². The van der Waals surface area contributed by atoms with Crippen molar-refractivity contribution in [1.29, 1.82) is 5.26 Å². The molecular formula is C14H9F2N3O2. The molecular weight excluding hydrogens is 280 g/mol. The van der Waals surface area contributed by atoms with Gasteiger partial charge in [0.2, 0.25) is 5.82 Å². The fourth-order valence-electron chi connectivity index (χ4n) is 1.79. The van der Waals surface area contributed by atoms with Crippen LogP contribution in [0.4, 0.5) is 20.2 Å². The van der Waals surface area contributed by atoms with E-state index in [-0.39, 0.29) is 12.2 Å². The van der Waals surface area contributed by atoms with Gasteiger partial charge >= 0.3 is 5.69 Å². The first-order valence-corrected chi connectivity index (χ1v) is 5.88. The first-order valence-electron chi connectivity index (χ1n) is 5.88. The molecule has 2 aromatic rings. The summed E-state index contributed by atoms with van der Waals surface area (Å²) < 4.78 is 26.8. The summed E-state index contributed by atoms with van der Waals surface area (Å²) in [6.45, 7) is 0.0867. The zero-order valence-electron chi connectivity index (χ0n) is 10.6. The van der Waals surface area contributed by atoms with Crippen molar-refractivity contribution in [3.8, 4) is 6.07 Å². The molecule has 0 aliphatic heterocycles. The van der Waals surface area contributed by atoms with E-state index in [1.165, 1.54) is 0 Å². The quantitative estimate of drug-likeness (QED) is 0.691. The lowest BCUT2D eigenvalue weighted by atomic mass is 10.1. The van der Waals surface area contributed by atoms with Gasteiger partial charge in [-0.2, -0.15) is 9.65 Å². The Balaban J connectivity index is 2.26. The number of benzene rings is 2. The molecule has 0 aliphatic carbocycles. The lowest BCUT2D eigenvalue weighted by Crippen LogP contribution is -2.05. The number of rotatable bonds is 4. The Kier molecular flexibility index (Phi) is 4.09. The van der Waals surface area contributed by atoms with Gasteiger partial charge in [0.05, 0.1) is 22.2 Å². The third-order valence-electron chi connectivity index (χ3n) is 2.84. The molecule has 7 heteroatoms. The van der Waals surface area contributed by atoms with Crippen LogP contribution in [0.15, 0.2) is 36.4 Å². The van der Waals surface area contributed by atoms with Gasteiger partial charge in [-0.1, -0.05) is 18.2 Å². The lowest BCUT2D eigenvalue weighted by Gasteiger charge is -2.09. The number of nitriles is 1. The standard InChI is InChI=1S/C14H9F2N3O2/c15-11-5-12(16)14(19(20)21)6-13(11)18-8-10-4-2-1-3-9(10)7-17/h1-6,18H,8H2. The summed E-state index contributed by atoms with van der Waals surface area (Å²) in [4.78, 5) is 9.70. The fraction of sp³-hybridized carbons (Fsp3) is 0.0714. The second-order valence-electron chi connectivity index (χ2n) is 4.16. The number of hydrogen-bond donors (Lipinski definition) is 1. The number of nitro groups is 1. The van der Waals surface area contributed by atoms with Crippen LogP contribution in [0, 0.1) is 33.1 Å². The second kappa shape index (κ2) is 5.96. The van der Waals surface area contributed by atoms with Crippen molar-refractivity contribution in [3.63, 3.8) is 0 Å². The van der Waals surface area contributed by atoms with Crippen LogP contribution in [0.3, 0.4) is 0 Å². The van der Waals surface area contributed by atoms with Crippen molar-refractivity contribution >= 4 is 11.4 Å². The molecule has 0 radical (unpaired) electrons. The summed E-state index contributed by atoms with van der Waals surface area (Å²) in [7, 11) is 0. The predicted octanol–water partition coefficient (Wildman–Crippen LogP) is 3.36. The van der Waals surface area contributed by atoms with Gasteiger partial charge in [-0.25, -0.2) is 4.39 Å².